The Hall–Kier alpha value is -4.70. The van der Waals surface area contributed by atoms with E-state index < -0.39 is 0 Å². The summed E-state index contributed by atoms with van der Waals surface area (Å²) in [6.07, 6.45) is 1.01. The molecule has 0 spiro atoms. The van der Waals surface area contributed by atoms with Gasteiger partial charge in [0.15, 0.2) is 0 Å². The van der Waals surface area contributed by atoms with Crippen molar-refractivity contribution in [1.82, 2.24) is 9.88 Å². The van der Waals surface area contributed by atoms with Crippen LogP contribution in [0, 0.1) is 5.92 Å². The van der Waals surface area contributed by atoms with Crippen molar-refractivity contribution < 1.29 is 19.1 Å². The number of anilines is 2. The van der Waals surface area contributed by atoms with Crippen LogP contribution in [0.1, 0.15) is 44.3 Å². The SMILES string of the molecule is COc1cc(OC)cc(C(=O)Nc2cc(C(=O)NCCSCc3ccccc3)ccc2N2C[C@H]3C[C@@H](C2)c2cccc(=O)n2C3)c1. The standard InChI is InChI=1S/C36H38N4O5S/c1-44-29-16-27(17-30(19-29)45-2)36(43)38-31-18-26(35(42)37-13-14-46-23-24-7-4-3-5-8-24)11-12-33(31)39-20-25-15-28(22-39)32-9-6-10-34(41)40(32)21-25/h3-12,16-19,25,28H,13-15,20-23H2,1-2H3,(H,37,42)(H,38,43)/t25-,28+/m1/s1. The van der Waals surface area contributed by atoms with Crippen molar-refractivity contribution in [3.8, 4) is 11.5 Å². The molecule has 46 heavy (non-hydrogen) atoms. The summed E-state index contributed by atoms with van der Waals surface area (Å²) in [4.78, 5) is 41.7. The van der Waals surface area contributed by atoms with Crippen LogP contribution < -0.4 is 30.6 Å². The lowest BCUT2D eigenvalue weighted by Crippen LogP contribution is -2.47. The zero-order chi connectivity index (χ0) is 32.0. The molecule has 1 aromatic heterocycles. The Morgan fingerprint density at radius 1 is 0.848 bits per heavy atom. The average Bonchev–Trinajstić information content (AvgIpc) is 3.08. The summed E-state index contributed by atoms with van der Waals surface area (Å²) in [7, 11) is 3.08. The van der Waals surface area contributed by atoms with Crippen molar-refractivity contribution in [3.63, 3.8) is 0 Å². The third-order valence-electron chi connectivity index (χ3n) is 8.58. The first-order valence-electron chi connectivity index (χ1n) is 15.4. The lowest BCUT2D eigenvalue weighted by Gasteiger charge is -2.44. The number of hydrogen-bond donors (Lipinski definition) is 2. The van der Waals surface area contributed by atoms with E-state index in [9.17, 15) is 14.4 Å². The second kappa shape index (κ2) is 14.2. The number of pyridine rings is 1. The van der Waals surface area contributed by atoms with E-state index in [0.29, 0.717) is 47.9 Å². The molecule has 2 atom stereocenters. The molecule has 0 aliphatic carbocycles. The number of amides is 2. The molecule has 1 saturated heterocycles. The molecule has 238 valence electrons. The molecule has 3 heterocycles. The van der Waals surface area contributed by atoms with E-state index in [2.05, 4.69) is 27.7 Å². The minimum Gasteiger partial charge on any atom is -0.497 e. The molecule has 0 unspecified atom stereocenters. The van der Waals surface area contributed by atoms with Gasteiger partial charge in [-0.25, -0.2) is 0 Å². The Morgan fingerprint density at radius 3 is 2.39 bits per heavy atom. The van der Waals surface area contributed by atoms with E-state index in [1.54, 1.807) is 42.1 Å². The van der Waals surface area contributed by atoms with E-state index in [0.717, 1.165) is 35.9 Å². The highest BCUT2D eigenvalue weighted by Crippen LogP contribution is 2.39. The number of methoxy groups -OCH3 is 2. The van der Waals surface area contributed by atoms with Gasteiger partial charge in [-0.2, -0.15) is 11.8 Å². The maximum atomic E-state index is 13.6. The largest absolute Gasteiger partial charge is 0.497 e. The third kappa shape index (κ3) is 7.07. The summed E-state index contributed by atoms with van der Waals surface area (Å²) in [6.45, 7) is 2.62. The van der Waals surface area contributed by atoms with Crippen LogP contribution in [0.4, 0.5) is 11.4 Å². The normalized spacial score (nSPS) is 16.7. The van der Waals surface area contributed by atoms with Crippen LogP contribution in [0.5, 0.6) is 11.5 Å². The number of ether oxygens (including phenoxy) is 2. The Labute approximate surface area is 272 Å². The highest BCUT2D eigenvalue weighted by molar-refractivity contribution is 7.98. The fourth-order valence-corrected chi connectivity index (χ4v) is 7.20. The number of nitrogens with one attached hydrogen (secondary N) is 2. The number of rotatable bonds is 11. The van der Waals surface area contributed by atoms with Crippen LogP contribution in [0.15, 0.2) is 89.7 Å². The number of piperidine rings is 1. The Balaban J connectivity index is 1.23. The monoisotopic (exact) mass is 638 g/mol. The molecule has 2 aliphatic rings. The molecule has 2 aliphatic heterocycles. The fourth-order valence-electron chi connectivity index (χ4n) is 6.38. The number of fused-ring (bicyclic) bond motifs is 4. The van der Waals surface area contributed by atoms with Gasteiger partial charge in [-0.3, -0.25) is 14.4 Å². The quantitative estimate of drug-likeness (QED) is 0.212. The van der Waals surface area contributed by atoms with Gasteiger partial charge < -0.3 is 29.6 Å². The van der Waals surface area contributed by atoms with Gasteiger partial charge >= 0.3 is 0 Å². The van der Waals surface area contributed by atoms with E-state index >= 15 is 0 Å². The van der Waals surface area contributed by atoms with E-state index in [1.165, 1.54) is 19.8 Å². The molecule has 2 amide bonds. The number of aromatic nitrogens is 1. The summed E-state index contributed by atoms with van der Waals surface area (Å²) in [6, 6.07) is 26.2. The summed E-state index contributed by atoms with van der Waals surface area (Å²) in [5.41, 5.74) is 4.55. The number of carbonyl (C=O) groups excluding carboxylic acids is 2. The first-order valence-corrected chi connectivity index (χ1v) is 16.6. The maximum Gasteiger partial charge on any atom is 0.255 e. The predicted molar refractivity (Wildman–Crippen MR) is 183 cm³/mol. The molecule has 6 rings (SSSR count). The lowest BCUT2D eigenvalue weighted by molar-refractivity contribution is 0.0954. The van der Waals surface area contributed by atoms with Gasteiger partial charge in [0.2, 0.25) is 0 Å². The van der Waals surface area contributed by atoms with Gasteiger partial charge in [-0.1, -0.05) is 36.4 Å². The van der Waals surface area contributed by atoms with Crippen molar-refractivity contribution in [3.05, 3.63) is 118 Å². The third-order valence-corrected chi connectivity index (χ3v) is 9.61. The van der Waals surface area contributed by atoms with Crippen LogP contribution in [-0.2, 0) is 12.3 Å². The fraction of sp³-hybridized carbons (Fsp3) is 0.306. The Morgan fingerprint density at radius 2 is 1.63 bits per heavy atom. The van der Waals surface area contributed by atoms with Crippen LogP contribution >= 0.6 is 11.8 Å². The Kier molecular flexibility index (Phi) is 9.63. The van der Waals surface area contributed by atoms with Crippen molar-refractivity contribution in [2.24, 2.45) is 5.92 Å². The van der Waals surface area contributed by atoms with E-state index in [1.807, 2.05) is 47.0 Å². The molecule has 2 N–H and O–H groups in total. The molecule has 0 radical (unpaired) electrons. The average molecular weight is 639 g/mol. The van der Waals surface area contributed by atoms with E-state index in [-0.39, 0.29) is 29.2 Å². The molecule has 4 aromatic rings. The van der Waals surface area contributed by atoms with Gasteiger partial charge in [-0.15, -0.1) is 0 Å². The topological polar surface area (TPSA) is 102 Å². The lowest BCUT2D eigenvalue weighted by atomic mass is 9.83. The number of thioether (sulfide) groups is 1. The number of benzene rings is 3. The zero-order valence-electron chi connectivity index (χ0n) is 26.0. The van der Waals surface area contributed by atoms with Crippen molar-refractivity contribution in [1.29, 1.82) is 0 Å². The molecule has 2 bridgehead atoms. The van der Waals surface area contributed by atoms with Gasteiger partial charge in [0.1, 0.15) is 11.5 Å². The minimum atomic E-state index is -0.345. The zero-order valence-corrected chi connectivity index (χ0v) is 26.8. The first-order chi connectivity index (χ1) is 22.4. The highest BCUT2D eigenvalue weighted by atomic mass is 32.2. The number of hydrogen-bond acceptors (Lipinski definition) is 7. The highest BCUT2D eigenvalue weighted by Gasteiger charge is 2.35. The molecule has 10 heteroatoms. The van der Waals surface area contributed by atoms with Crippen LogP contribution in [0.2, 0.25) is 0 Å². The van der Waals surface area contributed by atoms with Gasteiger partial charge in [-0.05, 0) is 54.3 Å². The molecule has 9 nitrogen and oxygen atoms in total. The van der Waals surface area contributed by atoms with Crippen molar-refractivity contribution in [2.45, 2.75) is 24.6 Å². The van der Waals surface area contributed by atoms with Crippen molar-refractivity contribution >= 4 is 35.0 Å². The summed E-state index contributed by atoms with van der Waals surface area (Å²) >= 11 is 1.76. The summed E-state index contributed by atoms with van der Waals surface area (Å²) < 4.78 is 12.7. The van der Waals surface area contributed by atoms with Gasteiger partial charge in [0.05, 0.1) is 25.6 Å². The van der Waals surface area contributed by atoms with Gasteiger partial charge in [0, 0.05) is 72.6 Å². The Bertz CT molecular complexity index is 1750. The van der Waals surface area contributed by atoms with Crippen molar-refractivity contribution in [2.75, 3.05) is 49.8 Å². The van der Waals surface area contributed by atoms with Gasteiger partial charge in [0.25, 0.3) is 17.4 Å². The van der Waals surface area contributed by atoms with E-state index in [4.69, 9.17) is 9.47 Å². The summed E-state index contributed by atoms with van der Waals surface area (Å²) in [5.74, 6) is 2.59. The molecular formula is C36H38N4O5S. The molecule has 0 saturated carbocycles. The van der Waals surface area contributed by atoms with Crippen LogP contribution in [-0.4, -0.2) is 56.0 Å². The molecular weight excluding hydrogens is 600 g/mol. The predicted octanol–water partition coefficient (Wildman–Crippen LogP) is 5.40. The first kappa shape index (κ1) is 31.3. The maximum absolute atomic E-state index is 13.6. The number of carbonyl (C=O) groups is 2. The smallest absolute Gasteiger partial charge is 0.255 e. The summed E-state index contributed by atoms with van der Waals surface area (Å²) in [5, 5.41) is 6.10. The second-order valence-corrected chi connectivity index (χ2v) is 12.8. The molecule has 1 fully saturated rings. The second-order valence-electron chi connectivity index (χ2n) is 11.7. The number of nitrogens with zero attached hydrogens (tertiary/aromatic N) is 2. The minimum absolute atomic E-state index is 0.0381. The molecule has 3 aromatic carbocycles. The van der Waals surface area contributed by atoms with Crippen LogP contribution in [0.25, 0.3) is 0 Å². The van der Waals surface area contributed by atoms with Crippen LogP contribution in [0.3, 0.4) is 0 Å².